The molecule has 2 atom stereocenters. The van der Waals surface area contributed by atoms with E-state index in [-0.39, 0.29) is 25.6 Å². The number of benzene rings is 2. The van der Waals surface area contributed by atoms with Crippen LogP contribution in [0.2, 0.25) is 0 Å². The van der Waals surface area contributed by atoms with E-state index < -0.39 is 29.6 Å². The van der Waals surface area contributed by atoms with Gasteiger partial charge in [0, 0.05) is 13.0 Å². The van der Waals surface area contributed by atoms with E-state index in [1.165, 1.54) is 14.0 Å². The van der Waals surface area contributed by atoms with E-state index in [1.54, 1.807) is 6.92 Å². The van der Waals surface area contributed by atoms with Crippen molar-refractivity contribution < 1.29 is 29.0 Å². The summed E-state index contributed by atoms with van der Waals surface area (Å²) in [4.78, 5) is 36.6. The SMILES string of the molecule is CCC(COC)(NC(=O)OCC1c2ccccc2-c2ccccc21)C(=O)N[C@@H](C)C(=O)O. The number of carbonyl (C=O) groups excluding carboxylic acids is 2. The first-order valence-electron chi connectivity index (χ1n) is 10.5. The normalized spacial score (nSPS) is 15.1. The fourth-order valence-corrected chi connectivity index (χ4v) is 3.98. The Labute approximate surface area is 186 Å². The third-order valence-corrected chi connectivity index (χ3v) is 5.83. The maximum atomic E-state index is 12.8. The molecular weight excluding hydrogens is 412 g/mol. The van der Waals surface area contributed by atoms with Crippen LogP contribution in [0.15, 0.2) is 48.5 Å². The van der Waals surface area contributed by atoms with Gasteiger partial charge in [-0.2, -0.15) is 0 Å². The van der Waals surface area contributed by atoms with Gasteiger partial charge in [0.15, 0.2) is 0 Å². The van der Waals surface area contributed by atoms with Gasteiger partial charge < -0.3 is 25.2 Å². The maximum absolute atomic E-state index is 12.8. The smallest absolute Gasteiger partial charge is 0.408 e. The molecule has 1 aliphatic carbocycles. The Morgan fingerprint density at radius 3 is 2.12 bits per heavy atom. The summed E-state index contributed by atoms with van der Waals surface area (Å²) in [6.07, 6.45) is -0.590. The van der Waals surface area contributed by atoms with E-state index >= 15 is 0 Å². The summed E-state index contributed by atoms with van der Waals surface area (Å²) < 4.78 is 10.7. The van der Waals surface area contributed by atoms with Crippen LogP contribution in [0.3, 0.4) is 0 Å². The highest BCUT2D eigenvalue weighted by atomic mass is 16.5. The zero-order chi connectivity index (χ0) is 23.3. The van der Waals surface area contributed by atoms with E-state index in [9.17, 15) is 14.4 Å². The average Bonchev–Trinajstić information content (AvgIpc) is 3.11. The molecule has 0 saturated carbocycles. The minimum Gasteiger partial charge on any atom is -0.480 e. The number of fused-ring (bicyclic) bond motifs is 3. The summed E-state index contributed by atoms with van der Waals surface area (Å²) in [7, 11) is 1.40. The van der Waals surface area contributed by atoms with Gasteiger partial charge in [0.25, 0.3) is 0 Å². The lowest BCUT2D eigenvalue weighted by Gasteiger charge is -2.32. The topological polar surface area (TPSA) is 114 Å². The quantitative estimate of drug-likeness (QED) is 0.553. The van der Waals surface area contributed by atoms with Crippen molar-refractivity contribution in [3.8, 4) is 11.1 Å². The van der Waals surface area contributed by atoms with Crippen molar-refractivity contribution in [2.75, 3.05) is 20.3 Å². The van der Waals surface area contributed by atoms with Crippen molar-refractivity contribution in [2.45, 2.75) is 37.8 Å². The molecule has 170 valence electrons. The molecule has 3 N–H and O–H groups in total. The van der Waals surface area contributed by atoms with Crippen molar-refractivity contribution in [1.82, 2.24) is 10.6 Å². The number of rotatable bonds is 9. The summed E-state index contributed by atoms with van der Waals surface area (Å²) in [5.74, 6) is -1.94. The van der Waals surface area contributed by atoms with Gasteiger partial charge in [-0.25, -0.2) is 4.79 Å². The highest BCUT2D eigenvalue weighted by Crippen LogP contribution is 2.44. The molecule has 8 nitrogen and oxygen atoms in total. The minimum atomic E-state index is -1.46. The fraction of sp³-hybridized carbons (Fsp3) is 0.375. The van der Waals surface area contributed by atoms with Gasteiger partial charge >= 0.3 is 12.1 Å². The van der Waals surface area contributed by atoms with Crippen LogP contribution in [-0.2, 0) is 19.1 Å². The van der Waals surface area contributed by atoms with Gasteiger partial charge in [-0.05, 0) is 35.6 Å². The number of methoxy groups -OCH3 is 1. The standard InChI is InChI=1S/C24H28N2O6/c1-4-24(14-31-3,22(29)25-15(2)21(27)28)26-23(30)32-13-20-18-11-7-5-9-16(18)17-10-6-8-12-19(17)20/h5-12,15,20H,4,13-14H2,1-3H3,(H,25,29)(H,26,30)(H,27,28)/t15-,24?/m0/s1. The predicted octanol–water partition coefficient (Wildman–Crippen LogP) is 2.91. The second kappa shape index (κ2) is 9.82. The van der Waals surface area contributed by atoms with Gasteiger partial charge in [0.05, 0.1) is 6.61 Å². The van der Waals surface area contributed by atoms with Gasteiger partial charge in [-0.15, -0.1) is 0 Å². The van der Waals surface area contributed by atoms with E-state index in [1.807, 2.05) is 48.5 Å². The summed E-state index contributed by atoms with van der Waals surface area (Å²) in [5, 5.41) is 14.1. The van der Waals surface area contributed by atoms with E-state index in [4.69, 9.17) is 14.6 Å². The van der Waals surface area contributed by atoms with Gasteiger partial charge in [-0.1, -0.05) is 55.5 Å². The third-order valence-electron chi connectivity index (χ3n) is 5.83. The van der Waals surface area contributed by atoms with Gasteiger partial charge in [-0.3, -0.25) is 9.59 Å². The lowest BCUT2D eigenvalue weighted by atomic mass is 9.95. The van der Waals surface area contributed by atoms with Crippen LogP contribution in [0.25, 0.3) is 11.1 Å². The molecule has 0 aromatic heterocycles. The summed E-state index contributed by atoms with van der Waals surface area (Å²) in [6, 6.07) is 14.9. The van der Waals surface area contributed by atoms with Crippen molar-refractivity contribution in [1.29, 1.82) is 0 Å². The van der Waals surface area contributed by atoms with Crippen LogP contribution in [-0.4, -0.2) is 55.0 Å². The van der Waals surface area contributed by atoms with Crippen LogP contribution in [0.4, 0.5) is 4.79 Å². The molecule has 1 aliphatic rings. The second-order valence-corrected chi connectivity index (χ2v) is 7.85. The Hall–Kier alpha value is -3.39. The van der Waals surface area contributed by atoms with Crippen LogP contribution < -0.4 is 10.6 Å². The summed E-state index contributed by atoms with van der Waals surface area (Å²) in [5.41, 5.74) is 2.92. The Bertz CT molecular complexity index is 962. The Morgan fingerprint density at radius 1 is 1.06 bits per heavy atom. The average molecular weight is 440 g/mol. The van der Waals surface area contributed by atoms with Crippen LogP contribution in [0.1, 0.15) is 37.3 Å². The molecule has 0 aliphatic heterocycles. The largest absolute Gasteiger partial charge is 0.480 e. The number of carboxylic acid groups (broad SMARTS) is 1. The first-order valence-corrected chi connectivity index (χ1v) is 10.5. The Balaban J connectivity index is 1.73. The van der Waals surface area contributed by atoms with Crippen LogP contribution >= 0.6 is 0 Å². The zero-order valence-corrected chi connectivity index (χ0v) is 18.4. The molecule has 32 heavy (non-hydrogen) atoms. The van der Waals surface area contributed by atoms with Crippen LogP contribution in [0.5, 0.6) is 0 Å². The number of carboxylic acids is 1. The van der Waals surface area contributed by atoms with Crippen molar-refractivity contribution in [3.63, 3.8) is 0 Å². The molecule has 3 rings (SSSR count). The molecule has 0 fully saturated rings. The van der Waals surface area contributed by atoms with Crippen LogP contribution in [0, 0.1) is 0 Å². The van der Waals surface area contributed by atoms with E-state index in [0.29, 0.717) is 0 Å². The molecule has 0 heterocycles. The maximum Gasteiger partial charge on any atom is 0.408 e. The molecule has 1 unspecified atom stereocenters. The molecule has 0 spiro atoms. The number of amides is 2. The van der Waals surface area contributed by atoms with Crippen molar-refractivity contribution >= 4 is 18.0 Å². The van der Waals surface area contributed by atoms with Gasteiger partial charge in [0.2, 0.25) is 5.91 Å². The molecule has 2 amide bonds. The van der Waals surface area contributed by atoms with E-state index in [0.717, 1.165) is 22.3 Å². The minimum absolute atomic E-state index is 0.0970. The monoisotopic (exact) mass is 440 g/mol. The molecule has 8 heteroatoms. The number of hydrogen-bond acceptors (Lipinski definition) is 5. The first kappa shape index (κ1) is 23.3. The molecule has 0 saturated heterocycles. The number of alkyl carbamates (subject to hydrolysis) is 1. The zero-order valence-electron chi connectivity index (χ0n) is 18.4. The lowest BCUT2D eigenvalue weighted by Crippen LogP contribution is -2.63. The fourth-order valence-electron chi connectivity index (χ4n) is 3.98. The third kappa shape index (κ3) is 4.60. The Morgan fingerprint density at radius 2 is 1.62 bits per heavy atom. The summed E-state index contributed by atoms with van der Waals surface area (Å²) in [6.45, 7) is 3.01. The highest BCUT2D eigenvalue weighted by molar-refractivity contribution is 5.92. The first-order chi connectivity index (χ1) is 15.3. The van der Waals surface area contributed by atoms with E-state index in [2.05, 4.69) is 10.6 Å². The number of aliphatic carboxylic acids is 1. The molecule has 0 bridgehead atoms. The number of hydrogen-bond donors (Lipinski definition) is 3. The predicted molar refractivity (Wildman–Crippen MR) is 118 cm³/mol. The highest BCUT2D eigenvalue weighted by Gasteiger charge is 2.40. The number of carbonyl (C=O) groups is 3. The van der Waals surface area contributed by atoms with Gasteiger partial charge in [0.1, 0.15) is 18.2 Å². The number of ether oxygens (including phenoxy) is 2. The molecule has 2 aromatic carbocycles. The molecular formula is C24H28N2O6. The lowest BCUT2D eigenvalue weighted by molar-refractivity contribution is -0.143. The number of nitrogens with one attached hydrogen (secondary N) is 2. The molecule has 0 radical (unpaired) electrons. The van der Waals surface area contributed by atoms with Crippen molar-refractivity contribution in [3.05, 3.63) is 59.7 Å². The second-order valence-electron chi connectivity index (χ2n) is 7.85. The summed E-state index contributed by atoms with van der Waals surface area (Å²) >= 11 is 0. The van der Waals surface area contributed by atoms with Crippen molar-refractivity contribution in [2.24, 2.45) is 0 Å². The Kier molecular flexibility index (Phi) is 7.15. The molecule has 2 aromatic rings.